The molecule has 0 radical (unpaired) electrons. The van der Waals surface area contributed by atoms with Crippen LogP contribution in [-0.4, -0.2) is 39.7 Å². The van der Waals surface area contributed by atoms with Crippen molar-refractivity contribution in [2.45, 2.75) is 44.6 Å². The number of nitrogens with zero attached hydrogens (tertiary/aromatic N) is 3. The molecular weight excluding hydrogens is 542 g/mol. The van der Waals surface area contributed by atoms with Crippen molar-refractivity contribution >= 4 is 15.5 Å². The number of ether oxygens (including phenoxy) is 1. The Morgan fingerprint density at radius 1 is 1.00 bits per heavy atom. The summed E-state index contributed by atoms with van der Waals surface area (Å²) in [5.41, 5.74) is 2.17. The first kappa shape index (κ1) is 28.1. The normalized spacial score (nSPS) is 11.7. The van der Waals surface area contributed by atoms with Crippen LogP contribution < -0.4 is 15.0 Å². The van der Waals surface area contributed by atoms with Crippen LogP contribution in [0, 0.1) is 0 Å². The molecule has 0 atom stereocenters. The second kappa shape index (κ2) is 11.9. The fourth-order valence-corrected chi connectivity index (χ4v) is 5.54. The smallest absolute Gasteiger partial charge is 0.277 e. The van der Waals surface area contributed by atoms with Crippen LogP contribution in [0.15, 0.2) is 82.5 Å². The molecule has 11 heteroatoms. The molecule has 0 unspecified atom stereocenters. The van der Waals surface area contributed by atoms with Gasteiger partial charge in [0.25, 0.3) is 5.56 Å². The summed E-state index contributed by atoms with van der Waals surface area (Å²) in [7, 11) is -3.97. The molecule has 5 aromatic rings. The zero-order chi connectivity index (χ0) is 29.0. The van der Waals surface area contributed by atoms with Crippen molar-refractivity contribution in [3.63, 3.8) is 0 Å². The number of phenolic OH excluding ortho intramolecular Hbond substituents is 1. The van der Waals surface area contributed by atoms with E-state index in [2.05, 4.69) is 9.71 Å². The van der Waals surface area contributed by atoms with Gasteiger partial charge in [-0.2, -0.15) is 0 Å². The number of aryl methyl sites for hydroxylation is 1. The largest absolute Gasteiger partial charge is 0.508 e. The lowest BCUT2D eigenvalue weighted by atomic mass is 10.1. The van der Waals surface area contributed by atoms with Crippen LogP contribution in [0.5, 0.6) is 11.5 Å². The Hall–Kier alpha value is -4.48. The highest BCUT2D eigenvalue weighted by Crippen LogP contribution is 2.31. The van der Waals surface area contributed by atoms with Gasteiger partial charge >= 0.3 is 0 Å². The Morgan fingerprint density at radius 3 is 2.54 bits per heavy atom. The van der Waals surface area contributed by atoms with Crippen molar-refractivity contribution in [3.8, 4) is 34.1 Å². The number of hydrogen-bond acceptors (Lipinski definition) is 7. The zero-order valence-corrected chi connectivity index (χ0v) is 23.6. The van der Waals surface area contributed by atoms with Gasteiger partial charge in [0.15, 0.2) is 11.3 Å². The molecule has 0 saturated heterocycles. The molecule has 10 nitrogen and oxygen atoms in total. The predicted octanol–water partition coefficient (Wildman–Crippen LogP) is 4.68. The molecule has 2 heterocycles. The molecule has 0 aliphatic heterocycles. The number of aromatic amines is 1. The van der Waals surface area contributed by atoms with Gasteiger partial charge in [0.2, 0.25) is 10.0 Å². The van der Waals surface area contributed by atoms with Crippen molar-refractivity contribution in [2.75, 3.05) is 6.61 Å². The van der Waals surface area contributed by atoms with Crippen molar-refractivity contribution in [3.05, 3.63) is 94.5 Å². The summed E-state index contributed by atoms with van der Waals surface area (Å²) in [5, 5.41) is 14.4. The SMILES string of the molecule is CCCOc1ccc(S(=O)(=O)NCc2cccc(O)c2)cc1-c1nn2c(CCC)nc(-c3ccccc3)c2c(=O)[nH]1. The van der Waals surface area contributed by atoms with Crippen molar-refractivity contribution in [1.82, 2.24) is 24.3 Å². The van der Waals surface area contributed by atoms with E-state index in [1.807, 2.05) is 44.2 Å². The fraction of sp³-hybridized carbons (Fsp3) is 0.233. The summed E-state index contributed by atoms with van der Waals surface area (Å²) >= 11 is 0. The Balaban J connectivity index is 1.61. The van der Waals surface area contributed by atoms with E-state index in [-0.39, 0.29) is 23.0 Å². The number of aromatic hydroxyl groups is 1. The van der Waals surface area contributed by atoms with Gasteiger partial charge in [-0.05, 0) is 48.7 Å². The lowest BCUT2D eigenvalue weighted by Gasteiger charge is -2.14. The first-order chi connectivity index (χ1) is 19.8. The predicted molar refractivity (Wildman–Crippen MR) is 156 cm³/mol. The number of nitrogens with one attached hydrogen (secondary N) is 2. The van der Waals surface area contributed by atoms with Crippen LogP contribution in [0.2, 0.25) is 0 Å². The van der Waals surface area contributed by atoms with E-state index in [0.717, 1.165) is 18.4 Å². The molecule has 212 valence electrons. The number of benzene rings is 3. The molecule has 0 aliphatic rings. The van der Waals surface area contributed by atoms with E-state index in [9.17, 15) is 18.3 Å². The van der Waals surface area contributed by atoms with Crippen LogP contribution in [0.3, 0.4) is 0 Å². The number of hydrogen-bond donors (Lipinski definition) is 3. The first-order valence-electron chi connectivity index (χ1n) is 13.4. The monoisotopic (exact) mass is 573 g/mol. The molecule has 3 aromatic carbocycles. The average Bonchev–Trinajstić information content (AvgIpc) is 3.34. The van der Waals surface area contributed by atoms with Gasteiger partial charge in [0.1, 0.15) is 23.0 Å². The van der Waals surface area contributed by atoms with Gasteiger partial charge in [0, 0.05) is 18.5 Å². The van der Waals surface area contributed by atoms with E-state index in [0.29, 0.717) is 46.9 Å². The summed E-state index contributed by atoms with van der Waals surface area (Å²) in [6.07, 6.45) is 2.12. The van der Waals surface area contributed by atoms with Gasteiger partial charge < -0.3 is 14.8 Å². The first-order valence-corrected chi connectivity index (χ1v) is 14.9. The van der Waals surface area contributed by atoms with Crippen LogP contribution in [0.4, 0.5) is 0 Å². The van der Waals surface area contributed by atoms with Gasteiger partial charge in [-0.1, -0.05) is 56.3 Å². The van der Waals surface area contributed by atoms with Gasteiger partial charge in [-0.15, -0.1) is 5.10 Å². The minimum absolute atomic E-state index is 0.0150. The highest BCUT2D eigenvalue weighted by atomic mass is 32.2. The molecular formula is C30H31N5O5S. The highest BCUT2D eigenvalue weighted by molar-refractivity contribution is 7.89. The lowest BCUT2D eigenvalue weighted by Crippen LogP contribution is -2.23. The number of fused-ring (bicyclic) bond motifs is 1. The second-order valence-corrected chi connectivity index (χ2v) is 11.3. The van der Waals surface area contributed by atoms with Crippen molar-refractivity contribution in [1.29, 1.82) is 0 Å². The molecule has 2 aromatic heterocycles. The maximum Gasteiger partial charge on any atom is 0.277 e. The molecule has 0 amide bonds. The number of H-pyrrole nitrogens is 1. The molecule has 0 fully saturated rings. The second-order valence-electron chi connectivity index (χ2n) is 9.56. The molecule has 5 rings (SSSR count). The molecule has 0 saturated carbocycles. The molecule has 41 heavy (non-hydrogen) atoms. The zero-order valence-electron chi connectivity index (χ0n) is 22.8. The number of phenols is 1. The topological polar surface area (TPSA) is 139 Å². The van der Waals surface area contributed by atoms with E-state index >= 15 is 0 Å². The van der Waals surface area contributed by atoms with Crippen molar-refractivity contribution in [2.24, 2.45) is 0 Å². The number of aromatic nitrogens is 4. The summed E-state index contributed by atoms with van der Waals surface area (Å²) < 4.78 is 36.5. The van der Waals surface area contributed by atoms with Crippen LogP contribution in [0.25, 0.3) is 28.2 Å². The minimum Gasteiger partial charge on any atom is -0.508 e. The number of sulfonamides is 1. The average molecular weight is 574 g/mol. The lowest BCUT2D eigenvalue weighted by molar-refractivity contribution is 0.318. The summed E-state index contributed by atoms with van der Waals surface area (Å²) in [6, 6.07) is 20.2. The quantitative estimate of drug-likeness (QED) is 0.209. The Kier molecular flexibility index (Phi) is 8.18. The van der Waals surface area contributed by atoms with Gasteiger partial charge in [-0.25, -0.2) is 22.6 Å². The Morgan fingerprint density at radius 2 is 1.80 bits per heavy atom. The molecule has 3 N–H and O–H groups in total. The highest BCUT2D eigenvalue weighted by Gasteiger charge is 2.22. The molecule has 0 aliphatic carbocycles. The fourth-order valence-electron chi connectivity index (χ4n) is 4.49. The maximum absolute atomic E-state index is 13.5. The molecule has 0 spiro atoms. The van der Waals surface area contributed by atoms with E-state index in [1.165, 1.54) is 24.3 Å². The van der Waals surface area contributed by atoms with Gasteiger partial charge in [-0.3, -0.25) is 4.79 Å². The number of imidazole rings is 1. The van der Waals surface area contributed by atoms with Gasteiger partial charge in [0.05, 0.1) is 17.1 Å². The van der Waals surface area contributed by atoms with Crippen molar-refractivity contribution < 1.29 is 18.3 Å². The van der Waals surface area contributed by atoms with E-state index in [4.69, 9.17) is 14.8 Å². The summed E-state index contributed by atoms with van der Waals surface area (Å²) in [4.78, 5) is 21.1. The third-order valence-corrected chi connectivity index (χ3v) is 7.84. The van der Waals surface area contributed by atoms with E-state index in [1.54, 1.807) is 22.7 Å². The Bertz CT molecular complexity index is 1850. The van der Waals surface area contributed by atoms with Crippen LogP contribution in [-0.2, 0) is 23.0 Å². The van der Waals surface area contributed by atoms with E-state index < -0.39 is 15.6 Å². The Labute approximate surface area is 237 Å². The summed E-state index contributed by atoms with van der Waals surface area (Å²) in [6.45, 7) is 4.36. The van der Waals surface area contributed by atoms with Crippen LogP contribution in [0.1, 0.15) is 38.1 Å². The molecule has 0 bridgehead atoms. The summed E-state index contributed by atoms with van der Waals surface area (Å²) in [5.74, 6) is 1.22. The maximum atomic E-state index is 13.5. The third-order valence-electron chi connectivity index (χ3n) is 6.44. The van der Waals surface area contributed by atoms with Crippen LogP contribution >= 0.6 is 0 Å². The third kappa shape index (κ3) is 6.01. The number of rotatable bonds is 11. The standard InChI is InChI=1S/C30H31N5O5S/c1-3-9-26-32-27(21-11-6-5-7-12-21)28-30(37)33-29(34-35(26)28)24-18-23(14-15-25(24)40-16-4-2)41(38,39)31-19-20-10-8-13-22(36)17-20/h5-8,10-15,17-18,31,36H,3-4,9,16,19H2,1-2H3,(H,33,34,37). The minimum atomic E-state index is -3.97.